The highest BCUT2D eigenvalue weighted by molar-refractivity contribution is 7.85. The van der Waals surface area contributed by atoms with E-state index < -0.39 is 10.1 Å². The zero-order valence-electron chi connectivity index (χ0n) is 15.7. The molecule has 1 amide bonds. The molecule has 1 N–H and O–H groups in total. The van der Waals surface area contributed by atoms with Gasteiger partial charge >= 0.3 is 0 Å². The number of pyridine rings is 1. The lowest BCUT2D eigenvalue weighted by Crippen LogP contribution is -2.44. The number of rotatable bonds is 6. The Morgan fingerprint density at radius 3 is 2.82 bits per heavy atom. The number of nitrogens with zero attached hydrogens (tertiary/aromatic N) is 2. The average molecular weight is 401 g/mol. The van der Waals surface area contributed by atoms with E-state index in [9.17, 15) is 13.2 Å². The molecule has 0 aromatic carbocycles. The van der Waals surface area contributed by atoms with Gasteiger partial charge in [-0.3, -0.25) is 8.98 Å². The van der Waals surface area contributed by atoms with Crippen molar-refractivity contribution >= 4 is 21.5 Å². The number of carbonyl (C=O) groups is 1. The van der Waals surface area contributed by atoms with Crippen LogP contribution in [0.3, 0.4) is 0 Å². The highest BCUT2D eigenvalue weighted by atomic mass is 32.2. The molecule has 4 bridgehead atoms. The first-order chi connectivity index (χ1) is 13.4. The fourth-order valence-corrected chi connectivity index (χ4v) is 5.62. The Bertz CT molecular complexity index is 1090. The third-order valence-corrected chi connectivity index (χ3v) is 6.85. The maximum absolute atomic E-state index is 12.8. The van der Waals surface area contributed by atoms with Gasteiger partial charge in [-0.05, 0) is 61.6 Å². The normalized spacial score (nSPS) is 25.8. The Morgan fingerprint density at radius 2 is 2.11 bits per heavy atom. The quantitative estimate of drug-likeness (QED) is 0.592. The molecule has 28 heavy (non-hydrogen) atoms. The van der Waals surface area contributed by atoms with Gasteiger partial charge in [0, 0.05) is 12.7 Å². The number of hydrogen-bond acceptors (Lipinski definition) is 5. The summed E-state index contributed by atoms with van der Waals surface area (Å²) in [6, 6.07) is 5.21. The molecular formula is C20H23N3O4S. The number of nitrogens with one attached hydrogen (secondary N) is 1. The summed E-state index contributed by atoms with van der Waals surface area (Å²) in [5.41, 5.74) is 4.70. The van der Waals surface area contributed by atoms with E-state index in [1.165, 1.54) is 24.8 Å². The topological polar surface area (TPSA) is 89.8 Å². The molecule has 0 aliphatic heterocycles. The van der Waals surface area contributed by atoms with Gasteiger partial charge in [0.05, 0.1) is 23.0 Å². The Hall–Kier alpha value is -2.19. The third kappa shape index (κ3) is 3.14. The van der Waals surface area contributed by atoms with Gasteiger partial charge in [0.15, 0.2) is 0 Å². The summed E-state index contributed by atoms with van der Waals surface area (Å²) in [6.45, 7) is 0.471. The minimum atomic E-state index is -3.55. The monoisotopic (exact) mass is 401 g/mol. The van der Waals surface area contributed by atoms with Crippen LogP contribution >= 0.6 is 0 Å². The molecule has 3 fully saturated rings. The second kappa shape index (κ2) is 6.42. The van der Waals surface area contributed by atoms with E-state index in [4.69, 9.17) is 4.18 Å². The van der Waals surface area contributed by atoms with E-state index in [2.05, 4.69) is 10.4 Å². The summed E-state index contributed by atoms with van der Waals surface area (Å²) in [5.74, 6) is 2.23. The van der Waals surface area contributed by atoms with E-state index in [0.29, 0.717) is 23.3 Å². The molecule has 7 rings (SSSR count). The van der Waals surface area contributed by atoms with Crippen molar-refractivity contribution < 1.29 is 17.4 Å². The molecule has 2 heterocycles. The Kier molecular flexibility index (Phi) is 4.10. The Morgan fingerprint density at radius 1 is 1.32 bits per heavy atom. The molecule has 0 radical (unpaired) electrons. The largest absolute Gasteiger partial charge is 0.348 e. The highest BCUT2D eigenvalue weighted by Gasteiger charge is 2.47. The van der Waals surface area contributed by atoms with Crippen LogP contribution in [-0.4, -0.2) is 36.7 Å². The number of hydrogen-bond donors (Lipinski definition) is 1. The van der Waals surface area contributed by atoms with Crippen LogP contribution in [0.25, 0.3) is 5.52 Å². The number of fused-ring (bicyclic) bond motifs is 2. The van der Waals surface area contributed by atoms with Crippen molar-refractivity contribution in [2.75, 3.05) is 12.8 Å². The van der Waals surface area contributed by atoms with Crippen molar-refractivity contribution in [2.45, 2.75) is 32.3 Å². The van der Waals surface area contributed by atoms with Crippen molar-refractivity contribution in [2.24, 2.45) is 17.8 Å². The summed E-state index contributed by atoms with van der Waals surface area (Å²) in [7, 11) is -3.55. The summed E-state index contributed by atoms with van der Waals surface area (Å²) in [4.78, 5) is 12.8. The Balaban J connectivity index is 1.33. The summed E-state index contributed by atoms with van der Waals surface area (Å²) in [6.07, 6.45) is 7.89. The lowest BCUT2D eigenvalue weighted by Gasteiger charge is -2.54. The molecular weight excluding hydrogens is 378 g/mol. The number of carbonyl (C=O) groups excluding carboxylic acids is 1. The van der Waals surface area contributed by atoms with Crippen LogP contribution in [0, 0.1) is 17.8 Å². The summed E-state index contributed by atoms with van der Waals surface area (Å²) in [5, 5.41) is 7.38. The molecule has 0 spiro atoms. The summed E-state index contributed by atoms with van der Waals surface area (Å²) < 4.78 is 28.8. The first kappa shape index (κ1) is 17.9. The van der Waals surface area contributed by atoms with Crippen molar-refractivity contribution in [3.05, 3.63) is 46.8 Å². The zero-order valence-corrected chi connectivity index (χ0v) is 16.5. The summed E-state index contributed by atoms with van der Waals surface area (Å²) >= 11 is 0. The number of aromatic nitrogens is 2. The van der Waals surface area contributed by atoms with Gasteiger partial charge in [0.1, 0.15) is 6.61 Å². The van der Waals surface area contributed by atoms with Crippen LogP contribution in [0.15, 0.2) is 35.5 Å². The van der Waals surface area contributed by atoms with Gasteiger partial charge in [-0.1, -0.05) is 11.1 Å². The van der Waals surface area contributed by atoms with Crippen molar-refractivity contribution in [3.63, 3.8) is 0 Å². The van der Waals surface area contributed by atoms with Crippen LogP contribution < -0.4 is 5.32 Å². The van der Waals surface area contributed by atoms with Gasteiger partial charge in [0.25, 0.3) is 16.0 Å². The molecule has 2 aromatic rings. The van der Waals surface area contributed by atoms with Gasteiger partial charge in [-0.2, -0.15) is 13.5 Å². The maximum atomic E-state index is 12.8. The number of amides is 1. The van der Waals surface area contributed by atoms with Gasteiger partial charge in [-0.25, -0.2) is 4.52 Å². The Labute approximate surface area is 163 Å². The lowest BCUT2D eigenvalue weighted by atomic mass is 9.51. The smallest absolute Gasteiger partial charge is 0.264 e. The van der Waals surface area contributed by atoms with Crippen molar-refractivity contribution in [1.82, 2.24) is 14.9 Å². The van der Waals surface area contributed by atoms with Crippen LogP contribution in [0.4, 0.5) is 0 Å². The van der Waals surface area contributed by atoms with Crippen LogP contribution in [-0.2, 0) is 20.9 Å². The van der Waals surface area contributed by atoms with E-state index >= 15 is 0 Å². The van der Waals surface area contributed by atoms with Gasteiger partial charge in [-0.15, -0.1) is 0 Å². The van der Waals surface area contributed by atoms with E-state index in [0.717, 1.165) is 30.4 Å². The molecule has 3 saturated carbocycles. The fraction of sp³-hybridized carbons (Fsp3) is 0.500. The predicted octanol–water partition coefficient (Wildman–Crippen LogP) is 2.29. The molecule has 7 nitrogen and oxygen atoms in total. The molecule has 8 heteroatoms. The number of allylic oxidation sites excluding steroid dienone is 1. The molecule has 2 unspecified atom stereocenters. The second-order valence-electron chi connectivity index (χ2n) is 8.27. The molecule has 2 aromatic heterocycles. The highest BCUT2D eigenvalue weighted by Crippen LogP contribution is 2.59. The zero-order chi connectivity index (χ0) is 19.5. The van der Waals surface area contributed by atoms with Gasteiger partial charge < -0.3 is 5.32 Å². The minimum absolute atomic E-state index is 0.135. The maximum Gasteiger partial charge on any atom is 0.264 e. The lowest BCUT2D eigenvalue weighted by molar-refractivity contribution is 0.0947. The molecule has 5 aliphatic carbocycles. The third-order valence-electron chi connectivity index (χ3n) is 6.31. The average Bonchev–Trinajstić information content (AvgIpc) is 3.06. The molecule has 148 valence electrons. The van der Waals surface area contributed by atoms with E-state index in [1.54, 1.807) is 34.5 Å². The van der Waals surface area contributed by atoms with E-state index in [-0.39, 0.29) is 12.5 Å². The fourth-order valence-electron chi connectivity index (χ4n) is 5.28. The minimum Gasteiger partial charge on any atom is -0.348 e. The standard InChI is InChI=1S/C20H23N3O4S/c1-28(25,26)27-11-16-9-18-17(3-2-4-23(18)22-16)20(24)21-10-15-7-12-5-13-8-14(6-12)19(13)15/h2-4,9,12-14H,5-8,10-11H2,1H3,(H,21,24). The molecule has 2 atom stereocenters. The van der Waals surface area contributed by atoms with Crippen molar-refractivity contribution in [1.29, 1.82) is 0 Å². The van der Waals surface area contributed by atoms with Crippen LogP contribution in [0.5, 0.6) is 0 Å². The van der Waals surface area contributed by atoms with Crippen LogP contribution in [0.1, 0.15) is 41.7 Å². The SMILES string of the molecule is CS(=O)(=O)OCc1cc2c(C(=O)NCC3=C4C5CC(C3)CC4C5)cccn2n1. The van der Waals surface area contributed by atoms with Gasteiger partial charge in [0.2, 0.25) is 0 Å². The predicted molar refractivity (Wildman–Crippen MR) is 103 cm³/mol. The van der Waals surface area contributed by atoms with Crippen LogP contribution in [0.2, 0.25) is 0 Å². The van der Waals surface area contributed by atoms with Crippen molar-refractivity contribution in [3.8, 4) is 0 Å². The molecule has 0 saturated heterocycles. The van der Waals surface area contributed by atoms with E-state index in [1.807, 2.05) is 0 Å². The first-order valence-corrected chi connectivity index (χ1v) is 11.5. The second-order valence-corrected chi connectivity index (χ2v) is 9.91. The molecule has 5 aliphatic rings. The first-order valence-electron chi connectivity index (χ1n) is 9.69.